The van der Waals surface area contributed by atoms with E-state index in [-0.39, 0.29) is 49.3 Å². The summed E-state index contributed by atoms with van der Waals surface area (Å²) in [6.07, 6.45) is 6.26. The average Bonchev–Trinajstić information content (AvgIpc) is 3.85. The zero-order valence-corrected chi connectivity index (χ0v) is 44.9. The summed E-state index contributed by atoms with van der Waals surface area (Å²) in [6.45, 7) is 11.2. The largest absolute Gasteiger partial charge is 0.497 e. The molecule has 0 bridgehead atoms. The Morgan fingerprint density at radius 2 is 1.45 bits per heavy atom. The van der Waals surface area contributed by atoms with Gasteiger partial charge in [0.2, 0.25) is 11.8 Å². The molecule has 2 fully saturated rings. The number of anilines is 2. The molecule has 5 aromatic rings. The first-order chi connectivity index (χ1) is 36.0. The van der Waals surface area contributed by atoms with Gasteiger partial charge in [0.1, 0.15) is 12.3 Å². The van der Waals surface area contributed by atoms with Crippen molar-refractivity contribution in [1.29, 1.82) is 5.41 Å². The number of methoxy groups -OCH3 is 3. The number of carbonyl (C=O) groups excluding carboxylic acids is 4. The van der Waals surface area contributed by atoms with E-state index in [2.05, 4.69) is 46.8 Å². The first kappa shape index (κ1) is 54.9. The molecule has 0 unspecified atom stereocenters. The van der Waals surface area contributed by atoms with Crippen LogP contribution in [0.5, 0.6) is 17.2 Å². The third-order valence-corrected chi connectivity index (χ3v) is 14.1. The molecule has 2 atom stereocenters. The van der Waals surface area contributed by atoms with Crippen LogP contribution in [0, 0.1) is 19.3 Å². The predicted molar refractivity (Wildman–Crippen MR) is 293 cm³/mol. The number of aromatic nitrogens is 2. The lowest BCUT2D eigenvalue weighted by molar-refractivity contribution is -0.129. The van der Waals surface area contributed by atoms with Crippen molar-refractivity contribution in [3.63, 3.8) is 0 Å². The minimum atomic E-state index is -0.460. The van der Waals surface area contributed by atoms with Gasteiger partial charge in [-0.1, -0.05) is 12.1 Å². The number of nitrogens with one attached hydrogen (secondary N) is 7. The van der Waals surface area contributed by atoms with Crippen LogP contribution in [0.25, 0.3) is 16.7 Å². The molecule has 19 nitrogen and oxygen atoms in total. The Labute approximate surface area is 439 Å². The molecule has 3 heterocycles. The zero-order chi connectivity index (χ0) is 54.1. The summed E-state index contributed by atoms with van der Waals surface area (Å²) in [6, 6.07) is 19.1. The van der Waals surface area contributed by atoms with Gasteiger partial charge in [0.15, 0.2) is 11.5 Å². The van der Waals surface area contributed by atoms with Gasteiger partial charge >= 0.3 is 0 Å². The average molecular weight is 1030 g/mol. The van der Waals surface area contributed by atoms with Gasteiger partial charge < -0.3 is 66.2 Å². The van der Waals surface area contributed by atoms with Crippen molar-refractivity contribution in [2.45, 2.75) is 65.0 Å². The lowest BCUT2D eigenvalue weighted by atomic mass is 9.97. The molecule has 2 saturated heterocycles. The van der Waals surface area contributed by atoms with E-state index in [4.69, 9.17) is 19.6 Å². The number of benzene rings is 4. The number of allylic oxidation sites excluding steroid dienone is 1. The van der Waals surface area contributed by atoms with E-state index < -0.39 is 12.1 Å². The maximum Gasteiger partial charge on any atom is 0.252 e. The highest BCUT2D eigenvalue weighted by Gasteiger charge is 2.30. The summed E-state index contributed by atoms with van der Waals surface area (Å²) in [5, 5.41) is 31.4. The molecule has 7 rings (SSSR count). The van der Waals surface area contributed by atoms with E-state index in [1.807, 2.05) is 102 Å². The van der Waals surface area contributed by atoms with Gasteiger partial charge in [-0.25, -0.2) is 0 Å². The van der Waals surface area contributed by atoms with Crippen molar-refractivity contribution in [1.82, 2.24) is 46.6 Å². The number of aryl methyl sites for hydroxylation is 2. The summed E-state index contributed by atoms with van der Waals surface area (Å²) in [7, 11) is 11.9. The molecule has 75 heavy (non-hydrogen) atoms. The maximum atomic E-state index is 14.2. The monoisotopic (exact) mass is 1020 g/mol. The Balaban J connectivity index is 1.03. The fourth-order valence-corrected chi connectivity index (χ4v) is 9.28. The zero-order valence-electron chi connectivity index (χ0n) is 44.9. The molecule has 0 spiro atoms. The standard InChI is InChI=1S/C56H72N12O7/c1-33-12-13-45(66-28-43(29-66)58-5)20-47(33)55(71)63-35(3)37-15-39(17-46(16-37)73-9)41(22-57)23-61-25-53(70)65(8)26-40-14-34(2)48(21-50(40)67-30-44(31-67)59-6)56(72)64-36(4)38-18-49(54(75-11)51(19-38)74-10)42-24-62-68(27-42)32-52(69)60-7/h12-24,27,35-36,43-44,57-59,61H,25-26,28-32H2,1-11H3,(H,60,69)(H,63,71)(H,64,72)/b41-23+,57-22?/t35-,36-/m1/s1. The number of hydrogen-bond donors (Lipinski definition) is 7. The predicted octanol–water partition coefficient (Wildman–Crippen LogP) is 4.98. The van der Waals surface area contributed by atoms with Crippen molar-refractivity contribution in [2.24, 2.45) is 0 Å². The molecule has 4 amide bonds. The first-order valence-electron chi connectivity index (χ1n) is 25.1. The maximum absolute atomic E-state index is 14.2. The van der Waals surface area contributed by atoms with Crippen molar-refractivity contribution < 1.29 is 33.4 Å². The first-order valence-corrected chi connectivity index (χ1v) is 25.1. The second kappa shape index (κ2) is 24.4. The Hall–Kier alpha value is -7.90. The van der Waals surface area contributed by atoms with Gasteiger partial charge in [-0.05, 0) is 124 Å². The Morgan fingerprint density at radius 3 is 2.07 bits per heavy atom. The molecular formula is C56H72N12O7. The Bertz CT molecular complexity index is 2940. The molecule has 1 aromatic heterocycles. The molecule has 2 aliphatic rings. The number of ether oxygens (including phenoxy) is 3. The number of carbonyl (C=O) groups is 4. The summed E-state index contributed by atoms with van der Waals surface area (Å²) >= 11 is 0. The molecule has 0 radical (unpaired) electrons. The molecular weight excluding hydrogens is 953 g/mol. The van der Waals surface area contributed by atoms with Crippen LogP contribution in [-0.2, 0) is 22.7 Å². The molecule has 0 aliphatic carbocycles. The summed E-state index contributed by atoms with van der Waals surface area (Å²) in [5.74, 6) is 0.708. The van der Waals surface area contributed by atoms with Crippen LogP contribution < -0.4 is 55.9 Å². The third kappa shape index (κ3) is 12.7. The topological polar surface area (TPSA) is 220 Å². The van der Waals surface area contributed by atoms with E-state index in [0.29, 0.717) is 56.7 Å². The van der Waals surface area contributed by atoms with Crippen LogP contribution in [-0.4, -0.2) is 139 Å². The van der Waals surface area contributed by atoms with Crippen molar-refractivity contribution in [3.8, 4) is 28.4 Å². The van der Waals surface area contributed by atoms with E-state index in [0.717, 1.165) is 65.4 Å². The molecule has 2 aliphatic heterocycles. The normalized spacial score (nSPS) is 14.5. The molecule has 398 valence electrons. The van der Waals surface area contributed by atoms with Gasteiger partial charge in [-0.3, -0.25) is 23.9 Å². The minimum Gasteiger partial charge on any atom is -0.497 e. The minimum absolute atomic E-state index is 0.0446. The van der Waals surface area contributed by atoms with Crippen LogP contribution in [0.1, 0.15) is 80.0 Å². The number of amides is 4. The highest BCUT2D eigenvalue weighted by molar-refractivity contribution is 6.08. The van der Waals surface area contributed by atoms with Gasteiger partial charge in [0.25, 0.3) is 11.8 Å². The van der Waals surface area contributed by atoms with Gasteiger partial charge in [-0.2, -0.15) is 5.10 Å². The lowest BCUT2D eigenvalue weighted by Crippen LogP contribution is -2.57. The molecule has 4 aromatic carbocycles. The van der Waals surface area contributed by atoms with E-state index in [1.54, 1.807) is 58.9 Å². The van der Waals surface area contributed by atoms with Crippen LogP contribution >= 0.6 is 0 Å². The van der Waals surface area contributed by atoms with E-state index >= 15 is 0 Å². The van der Waals surface area contributed by atoms with Crippen molar-refractivity contribution in [2.75, 3.05) is 92.0 Å². The van der Waals surface area contributed by atoms with Crippen LogP contribution in [0.2, 0.25) is 0 Å². The molecule has 0 saturated carbocycles. The van der Waals surface area contributed by atoms with Crippen LogP contribution in [0.15, 0.2) is 79.3 Å². The Morgan fingerprint density at radius 1 is 0.800 bits per heavy atom. The van der Waals surface area contributed by atoms with E-state index in [1.165, 1.54) is 10.9 Å². The summed E-state index contributed by atoms with van der Waals surface area (Å²) in [5.41, 5.74) is 9.66. The fourth-order valence-electron chi connectivity index (χ4n) is 9.28. The smallest absolute Gasteiger partial charge is 0.252 e. The summed E-state index contributed by atoms with van der Waals surface area (Å²) < 4.78 is 18.7. The highest BCUT2D eigenvalue weighted by Crippen LogP contribution is 2.41. The number of likely N-dealkylation sites (N-methyl/N-ethyl adjacent to an activating group) is 4. The van der Waals surface area contributed by atoms with Crippen LogP contribution in [0.3, 0.4) is 0 Å². The molecule has 19 heteroatoms. The quantitative estimate of drug-likeness (QED) is 0.0431. The van der Waals surface area contributed by atoms with Crippen LogP contribution in [0.4, 0.5) is 11.4 Å². The summed E-state index contributed by atoms with van der Waals surface area (Å²) in [4.78, 5) is 59.8. The second-order valence-corrected chi connectivity index (χ2v) is 19.2. The highest BCUT2D eigenvalue weighted by atomic mass is 16.5. The Kier molecular flexibility index (Phi) is 17.9. The molecule has 7 N–H and O–H groups in total. The van der Waals surface area contributed by atoms with Gasteiger partial charge in [0.05, 0.1) is 46.2 Å². The number of nitrogens with zero attached hydrogens (tertiary/aromatic N) is 5. The second-order valence-electron chi connectivity index (χ2n) is 19.2. The fraction of sp³-hybridized carbons (Fsp3) is 0.393. The number of rotatable bonds is 23. The lowest BCUT2D eigenvalue weighted by Gasteiger charge is -2.42. The van der Waals surface area contributed by atoms with Gasteiger partial charge in [-0.15, -0.1) is 0 Å². The van der Waals surface area contributed by atoms with Crippen molar-refractivity contribution >= 4 is 46.8 Å². The SMILES string of the molecule is CNC(=O)Cn1cc(-c2cc([C@@H](C)NC(=O)c3cc(N4CC(NC)C4)c(CN(C)C(=O)CN/C=C(\C=N)c4cc(OC)cc([C@@H](C)NC(=O)c5cc(N6CC(NC)C6)ccc5C)c4)cc3C)cc(OC)c2OC)cn1. The third-order valence-electron chi connectivity index (χ3n) is 14.1. The van der Waals surface area contributed by atoms with Crippen molar-refractivity contribution in [3.05, 3.63) is 124 Å². The van der Waals surface area contributed by atoms with E-state index in [9.17, 15) is 19.2 Å². The van der Waals surface area contributed by atoms with Gasteiger partial charge in [0, 0.05) is 117 Å². The number of hydrogen-bond acceptors (Lipinski definition) is 14.